The minimum atomic E-state index is 0.341. The molecule has 2 rings (SSSR count). The number of hydrogen-bond acceptors (Lipinski definition) is 3. The largest absolute Gasteiger partial charge is 0.367 e. The van der Waals surface area contributed by atoms with Gasteiger partial charge in [-0.15, -0.1) is 0 Å². The van der Waals surface area contributed by atoms with Gasteiger partial charge in [-0.1, -0.05) is 13.3 Å². The smallest absolute Gasteiger partial charge is 0.156 e. The summed E-state index contributed by atoms with van der Waals surface area (Å²) in [5, 5.41) is 3.19. The van der Waals surface area contributed by atoms with E-state index in [1.54, 1.807) is 12.7 Å². The van der Waals surface area contributed by atoms with Crippen molar-refractivity contribution in [3.63, 3.8) is 0 Å². The second kappa shape index (κ2) is 2.97. The molecular weight excluding hydrogens is 152 g/mol. The molecule has 0 spiro atoms. The lowest BCUT2D eigenvalue weighted by Gasteiger charge is -2.17. The Bertz CT molecular complexity index is 289. The predicted molar refractivity (Wildman–Crippen MR) is 47.5 cm³/mol. The molecule has 1 aromatic heterocycles. The summed E-state index contributed by atoms with van der Waals surface area (Å²) in [6, 6.07) is 0.341. The first-order chi connectivity index (χ1) is 5.92. The molecule has 0 radical (unpaired) electrons. The Morgan fingerprint density at radius 1 is 1.58 bits per heavy atom. The topological polar surface area (TPSA) is 53.1 Å². The van der Waals surface area contributed by atoms with E-state index in [1.165, 1.54) is 0 Å². The molecule has 0 saturated carbocycles. The second-order valence-electron chi connectivity index (χ2n) is 2.90. The van der Waals surface area contributed by atoms with E-state index >= 15 is 0 Å². The van der Waals surface area contributed by atoms with Crippen LogP contribution in [0.25, 0.3) is 0 Å². The fraction of sp³-hybridized carbons (Fsp3) is 0.500. The van der Waals surface area contributed by atoms with E-state index in [0.717, 1.165) is 24.4 Å². The average molecular weight is 164 g/mol. The van der Waals surface area contributed by atoms with Crippen LogP contribution in [0.5, 0.6) is 0 Å². The van der Waals surface area contributed by atoms with E-state index in [4.69, 9.17) is 0 Å². The number of hydrogen-bond donors (Lipinski definition) is 2. The maximum absolute atomic E-state index is 4.22. The highest BCUT2D eigenvalue weighted by molar-refractivity contribution is 5.64. The van der Waals surface area contributed by atoms with Gasteiger partial charge in [-0.3, -0.25) is 0 Å². The molecule has 0 aromatic carbocycles. The molecule has 4 nitrogen and oxygen atoms in total. The lowest BCUT2D eigenvalue weighted by Crippen LogP contribution is -2.22. The highest BCUT2D eigenvalue weighted by atomic mass is 15.1. The van der Waals surface area contributed by atoms with Gasteiger partial charge in [0.15, 0.2) is 5.82 Å². The van der Waals surface area contributed by atoms with Crippen molar-refractivity contribution in [3.8, 4) is 0 Å². The molecule has 0 aliphatic carbocycles. The molecule has 1 atom stereocenters. The van der Waals surface area contributed by atoms with Crippen molar-refractivity contribution in [2.45, 2.75) is 25.8 Å². The summed E-state index contributed by atoms with van der Waals surface area (Å²) in [5.41, 5.74) is 1.04. The minimum absolute atomic E-state index is 0.341. The van der Waals surface area contributed by atoms with Crippen LogP contribution in [-0.2, 0) is 0 Å². The van der Waals surface area contributed by atoms with E-state index in [2.05, 4.69) is 27.2 Å². The Labute approximate surface area is 71.1 Å². The van der Waals surface area contributed by atoms with E-state index in [9.17, 15) is 0 Å². The fourth-order valence-electron chi connectivity index (χ4n) is 1.44. The third-order valence-corrected chi connectivity index (χ3v) is 2.02. The van der Waals surface area contributed by atoms with Gasteiger partial charge in [-0.05, 0) is 6.42 Å². The molecule has 0 bridgehead atoms. The van der Waals surface area contributed by atoms with Crippen LogP contribution in [0.1, 0.15) is 31.5 Å². The Morgan fingerprint density at radius 2 is 2.50 bits per heavy atom. The number of fused-ring (bicyclic) bond motifs is 1. The van der Waals surface area contributed by atoms with Gasteiger partial charge < -0.3 is 10.3 Å². The molecule has 1 aliphatic rings. The van der Waals surface area contributed by atoms with Crippen molar-refractivity contribution in [1.82, 2.24) is 15.3 Å². The number of H-pyrrole nitrogens is 1. The molecule has 12 heavy (non-hydrogen) atoms. The summed E-state index contributed by atoms with van der Waals surface area (Å²) < 4.78 is 0. The van der Waals surface area contributed by atoms with E-state index in [-0.39, 0.29) is 0 Å². The van der Waals surface area contributed by atoms with Gasteiger partial charge in [0.1, 0.15) is 5.69 Å². The zero-order valence-electron chi connectivity index (χ0n) is 7.04. The Balaban J connectivity index is 2.26. The van der Waals surface area contributed by atoms with E-state index in [0.29, 0.717) is 6.04 Å². The SMILES string of the molecule is CCCC1NC=Nc2[nH]cnc21. The first kappa shape index (κ1) is 7.34. The number of nitrogens with one attached hydrogen (secondary N) is 2. The monoisotopic (exact) mass is 164 g/mol. The highest BCUT2D eigenvalue weighted by Crippen LogP contribution is 2.26. The number of aliphatic imine (C=N–C) groups is 1. The summed E-state index contributed by atoms with van der Waals surface area (Å²) in [7, 11) is 0. The number of rotatable bonds is 2. The third kappa shape index (κ3) is 1.09. The molecule has 0 fully saturated rings. The lowest BCUT2D eigenvalue weighted by atomic mass is 10.1. The van der Waals surface area contributed by atoms with Gasteiger partial charge in [-0.25, -0.2) is 9.98 Å². The van der Waals surface area contributed by atoms with E-state index < -0.39 is 0 Å². The van der Waals surface area contributed by atoms with Crippen LogP contribution in [-0.4, -0.2) is 16.3 Å². The van der Waals surface area contributed by atoms with Crippen LogP contribution >= 0.6 is 0 Å². The minimum Gasteiger partial charge on any atom is -0.367 e. The number of aromatic nitrogens is 2. The quantitative estimate of drug-likeness (QED) is 0.696. The summed E-state index contributed by atoms with van der Waals surface area (Å²) in [4.78, 5) is 11.4. The summed E-state index contributed by atoms with van der Waals surface area (Å²) >= 11 is 0. The zero-order valence-corrected chi connectivity index (χ0v) is 7.04. The number of imidazole rings is 1. The second-order valence-corrected chi connectivity index (χ2v) is 2.90. The standard InChI is InChI=1S/C8H12N4/c1-2-3-6-7-8(11-4-9-6)12-5-10-7/h4-6H,2-3H2,1H3,(H,9,11)(H,10,12). The first-order valence-corrected chi connectivity index (χ1v) is 4.23. The van der Waals surface area contributed by atoms with Crippen molar-refractivity contribution in [2.24, 2.45) is 4.99 Å². The average Bonchev–Trinajstić information content (AvgIpc) is 2.53. The van der Waals surface area contributed by atoms with Gasteiger partial charge in [0, 0.05) is 0 Å². The maximum Gasteiger partial charge on any atom is 0.156 e. The van der Waals surface area contributed by atoms with Crippen molar-refractivity contribution in [1.29, 1.82) is 0 Å². The Kier molecular flexibility index (Phi) is 1.81. The predicted octanol–water partition coefficient (Wildman–Crippen LogP) is 1.51. The number of nitrogens with zero attached hydrogens (tertiary/aromatic N) is 2. The Hall–Kier alpha value is -1.32. The maximum atomic E-state index is 4.22. The van der Waals surface area contributed by atoms with Crippen molar-refractivity contribution in [3.05, 3.63) is 12.0 Å². The molecular formula is C8H12N4. The van der Waals surface area contributed by atoms with Crippen LogP contribution in [0.2, 0.25) is 0 Å². The van der Waals surface area contributed by atoms with Crippen LogP contribution in [0.15, 0.2) is 11.3 Å². The van der Waals surface area contributed by atoms with E-state index in [1.807, 2.05) is 0 Å². The van der Waals surface area contributed by atoms with Crippen LogP contribution in [0, 0.1) is 0 Å². The van der Waals surface area contributed by atoms with Crippen molar-refractivity contribution >= 4 is 12.2 Å². The number of aromatic amines is 1. The van der Waals surface area contributed by atoms with Crippen LogP contribution in [0.4, 0.5) is 5.82 Å². The van der Waals surface area contributed by atoms with Crippen LogP contribution < -0.4 is 5.32 Å². The molecule has 1 aliphatic heterocycles. The molecule has 64 valence electrons. The van der Waals surface area contributed by atoms with Gasteiger partial charge >= 0.3 is 0 Å². The van der Waals surface area contributed by atoms with Crippen LogP contribution in [0.3, 0.4) is 0 Å². The lowest BCUT2D eigenvalue weighted by molar-refractivity contribution is 0.569. The molecule has 1 unspecified atom stereocenters. The summed E-state index contributed by atoms with van der Waals surface area (Å²) in [6.45, 7) is 2.17. The summed E-state index contributed by atoms with van der Waals surface area (Å²) in [5.74, 6) is 0.896. The van der Waals surface area contributed by atoms with Gasteiger partial charge in [0.05, 0.1) is 18.7 Å². The summed E-state index contributed by atoms with van der Waals surface area (Å²) in [6.07, 6.45) is 5.68. The molecule has 4 heteroatoms. The molecule has 2 N–H and O–H groups in total. The molecule has 2 heterocycles. The van der Waals surface area contributed by atoms with Gasteiger partial charge in [0.25, 0.3) is 0 Å². The first-order valence-electron chi connectivity index (χ1n) is 4.23. The molecule has 0 saturated heterocycles. The normalized spacial score (nSPS) is 20.2. The van der Waals surface area contributed by atoms with Crippen molar-refractivity contribution < 1.29 is 0 Å². The zero-order chi connectivity index (χ0) is 8.39. The molecule has 0 amide bonds. The Morgan fingerprint density at radius 3 is 3.33 bits per heavy atom. The third-order valence-electron chi connectivity index (χ3n) is 2.02. The van der Waals surface area contributed by atoms with Gasteiger partial charge in [-0.2, -0.15) is 0 Å². The van der Waals surface area contributed by atoms with Gasteiger partial charge in [0.2, 0.25) is 0 Å². The highest BCUT2D eigenvalue weighted by Gasteiger charge is 2.18. The van der Waals surface area contributed by atoms with Crippen molar-refractivity contribution in [2.75, 3.05) is 0 Å². The fourth-order valence-corrected chi connectivity index (χ4v) is 1.44. The molecule has 1 aromatic rings.